The van der Waals surface area contributed by atoms with Crippen molar-refractivity contribution in [2.75, 3.05) is 5.43 Å². The van der Waals surface area contributed by atoms with E-state index in [9.17, 15) is 4.39 Å². The Labute approximate surface area is 153 Å². The number of hydrogen-bond acceptors (Lipinski definition) is 4. The maximum absolute atomic E-state index is 12.9. The van der Waals surface area contributed by atoms with Crippen LogP contribution in [0.25, 0.3) is 0 Å². The first-order valence-electron chi connectivity index (χ1n) is 7.07. The summed E-state index contributed by atoms with van der Waals surface area (Å²) in [4.78, 5) is 0. The number of hydrogen-bond donors (Lipinski definition) is 1. The van der Waals surface area contributed by atoms with Crippen molar-refractivity contribution in [2.45, 2.75) is 17.5 Å². The molecule has 24 heavy (non-hydrogen) atoms. The second kappa shape index (κ2) is 7.88. The van der Waals surface area contributed by atoms with E-state index in [4.69, 9.17) is 23.2 Å². The van der Waals surface area contributed by atoms with E-state index in [0.29, 0.717) is 27.5 Å². The van der Waals surface area contributed by atoms with E-state index in [1.807, 2.05) is 0 Å². The van der Waals surface area contributed by atoms with Crippen LogP contribution in [0.2, 0.25) is 10.0 Å². The van der Waals surface area contributed by atoms with Crippen LogP contribution in [-0.4, -0.2) is 14.9 Å². The molecule has 1 heterocycles. The molecular weight excluding hydrogens is 370 g/mol. The average molecular weight is 383 g/mol. The monoisotopic (exact) mass is 382 g/mol. The van der Waals surface area contributed by atoms with E-state index in [0.717, 1.165) is 11.1 Å². The molecule has 0 saturated heterocycles. The molecule has 1 N–H and O–H groups in total. The molecule has 3 aromatic rings. The standard InChI is InChI=1S/C16H13Cl2FN4S/c17-14-2-1-3-15(18)13(14)8-21-23-10-20-22-16(23)24-9-11-4-6-12(19)7-5-11/h1-7,10,21H,8-9H2. The van der Waals surface area contributed by atoms with E-state index in [-0.39, 0.29) is 5.82 Å². The maximum atomic E-state index is 12.9. The molecule has 0 aliphatic carbocycles. The molecule has 0 spiro atoms. The van der Waals surface area contributed by atoms with Gasteiger partial charge in [0.15, 0.2) is 0 Å². The van der Waals surface area contributed by atoms with Crippen LogP contribution in [0.5, 0.6) is 0 Å². The molecule has 0 saturated carbocycles. The van der Waals surface area contributed by atoms with Crippen molar-refractivity contribution < 1.29 is 4.39 Å². The van der Waals surface area contributed by atoms with Crippen LogP contribution in [0, 0.1) is 5.82 Å². The Hall–Kier alpha value is -1.76. The largest absolute Gasteiger partial charge is 0.318 e. The zero-order valence-corrected chi connectivity index (χ0v) is 14.7. The van der Waals surface area contributed by atoms with Crippen molar-refractivity contribution in [1.29, 1.82) is 0 Å². The molecule has 8 heteroatoms. The zero-order chi connectivity index (χ0) is 16.9. The van der Waals surface area contributed by atoms with Gasteiger partial charge in [0.25, 0.3) is 0 Å². The highest BCUT2D eigenvalue weighted by Gasteiger charge is 2.08. The first kappa shape index (κ1) is 17.1. The Morgan fingerprint density at radius 3 is 2.50 bits per heavy atom. The molecule has 0 unspecified atom stereocenters. The molecular formula is C16H13Cl2FN4S. The molecule has 0 aliphatic rings. The van der Waals surface area contributed by atoms with Crippen molar-refractivity contribution in [3.8, 4) is 0 Å². The van der Waals surface area contributed by atoms with Gasteiger partial charge in [-0.05, 0) is 29.8 Å². The molecule has 1 aromatic heterocycles. The Kier molecular flexibility index (Phi) is 5.60. The van der Waals surface area contributed by atoms with Crippen LogP contribution in [0.3, 0.4) is 0 Å². The van der Waals surface area contributed by atoms with E-state index in [1.54, 1.807) is 41.3 Å². The van der Waals surface area contributed by atoms with Gasteiger partial charge in [0.2, 0.25) is 5.16 Å². The average Bonchev–Trinajstić information content (AvgIpc) is 3.01. The summed E-state index contributed by atoms with van der Waals surface area (Å²) in [5, 5.41) is 9.89. The number of halogens is 3. The third-order valence-electron chi connectivity index (χ3n) is 3.29. The number of rotatable bonds is 6. The third kappa shape index (κ3) is 4.20. The highest BCUT2D eigenvalue weighted by molar-refractivity contribution is 7.98. The van der Waals surface area contributed by atoms with Gasteiger partial charge in [0, 0.05) is 21.4 Å². The lowest BCUT2D eigenvalue weighted by molar-refractivity contribution is 0.627. The summed E-state index contributed by atoms with van der Waals surface area (Å²) in [5.41, 5.74) is 4.99. The van der Waals surface area contributed by atoms with Gasteiger partial charge < -0.3 is 5.43 Å². The zero-order valence-electron chi connectivity index (χ0n) is 12.4. The van der Waals surface area contributed by atoms with Crippen LogP contribution in [0.1, 0.15) is 11.1 Å². The van der Waals surface area contributed by atoms with Gasteiger partial charge in [-0.1, -0.05) is 53.2 Å². The molecule has 0 radical (unpaired) electrons. The summed E-state index contributed by atoms with van der Waals surface area (Å²) in [6, 6.07) is 11.8. The summed E-state index contributed by atoms with van der Waals surface area (Å²) in [6.07, 6.45) is 1.58. The van der Waals surface area contributed by atoms with Crippen molar-refractivity contribution in [2.24, 2.45) is 0 Å². The number of benzene rings is 2. The molecule has 0 atom stereocenters. The highest BCUT2D eigenvalue weighted by Crippen LogP contribution is 2.25. The van der Waals surface area contributed by atoms with Crippen LogP contribution >= 0.6 is 35.0 Å². The second-order valence-electron chi connectivity index (χ2n) is 4.93. The van der Waals surface area contributed by atoms with E-state index in [2.05, 4.69) is 15.6 Å². The fourth-order valence-electron chi connectivity index (χ4n) is 2.03. The molecule has 0 bridgehead atoms. The molecule has 3 rings (SSSR count). The molecule has 0 aliphatic heterocycles. The van der Waals surface area contributed by atoms with E-state index in [1.165, 1.54) is 23.9 Å². The van der Waals surface area contributed by atoms with Crippen molar-refractivity contribution in [3.63, 3.8) is 0 Å². The first-order valence-corrected chi connectivity index (χ1v) is 8.81. The van der Waals surface area contributed by atoms with Gasteiger partial charge in [0.05, 0.1) is 6.54 Å². The van der Waals surface area contributed by atoms with Crippen LogP contribution < -0.4 is 5.43 Å². The predicted octanol–water partition coefficient (Wildman–Crippen LogP) is 4.76. The topological polar surface area (TPSA) is 42.7 Å². The number of thioether (sulfide) groups is 1. The van der Waals surface area contributed by atoms with Gasteiger partial charge in [-0.2, -0.15) is 0 Å². The Morgan fingerprint density at radius 2 is 1.79 bits per heavy atom. The number of nitrogens with zero attached hydrogens (tertiary/aromatic N) is 3. The molecule has 0 amide bonds. The van der Waals surface area contributed by atoms with Crippen LogP contribution in [-0.2, 0) is 12.3 Å². The lowest BCUT2D eigenvalue weighted by Crippen LogP contribution is -2.15. The molecule has 4 nitrogen and oxygen atoms in total. The van der Waals surface area contributed by atoms with Crippen LogP contribution in [0.15, 0.2) is 53.9 Å². The normalized spacial score (nSPS) is 10.8. The molecule has 2 aromatic carbocycles. The summed E-state index contributed by atoms with van der Waals surface area (Å²) < 4.78 is 14.6. The summed E-state index contributed by atoms with van der Waals surface area (Å²) in [7, 11) is 0. The minimum absolute atomic E-state index is 0.245. The summed E-state index contributed by atoms with van der Waals surface area (Å²) >= 11 is 13.8. The second-order valence-corrected chi connectivity index (χ2v) is 6.69. The van der Waals surface area contributed by atoms with Gasteiger partial charge in [-0.25, -0.2) is 9.07 Å². The van der Waals surface area contributed by atoms with Gasteiger partial charge in [-0.15, -0.1) is 10.2 Å². The number of nitrogens with one attached hydrogen (secondary N) is 1. The van der Waals surface area contributed by atoms with Gasteiger partial charge in [-0.3, -0.25) is 0 Å². The third-order valence-corrected chi connectivity index (χ3v) is 5.01. The SMILES string of the molecule is Fc1ccc(CSc2nncn2NCc2c(Cl)cccc2Cl)cc1. The smallest absolute Gasteiger partial charge is 0.210 e. The Bertz CT molecular complexity index is 803. The summed E-state index contributed by atoms with van der Waals surface area (Å²) in [6.45, 7) is 0.445. The lowest BCUT2D eigenvalue weighted by Gasteiger charge is -2.11. The lowest BCUT2D eigenvalue weighted by atomic mass is 10.2. The number of aromatic nitrogens is 3. The van der Waals surface area contributed by atoms with E-state index >= 15 is 0 Å². The van der Waals surface area contributed by atoms with Crippen molar-refractivity contribution in [3.05, 3.63) is 75.8 Å². The van der Waals surface area contributed by atoms with Crippen LogP contribution in [0.4, 0.5) is 4.39 Å². The molecule has 124 valence electrons. The summed E-state index contributed by atoms with van der Waals surface area (Å²) in [5.74, 6) is 0.415. The Balaban J connectivity index is 1.64. The van der Waals surface area contributed by atoms with Gasteiger partial charge in [0.1, 0.15) is 12.1 Å². The van der Waals surface area contributed by atoms with Crippen molar-refractivity contribution in [1.82, 2.24) is 14.9 Å². The van der Waals surface area contributed by atoms with Crippen molar-refractivity contribution >= 4 is 35.0 Å². The quantitative estimate of drug-likeness (QED) is 0.624. The fraction of sp³-hybridized carbons (Fsp3) is 0.125. The fourth-order valence-corrected chi connectivity index (χ4v) is 3.40. The Morgan fingerprint density at radius 1 is 1.08 bits per heavy atom. The predicted molar refractivity (Wildman–Crippen MR) is 95.5 cm³/mol. The van der Waals surface area contributed by atoms with E-state index < -0.39 is 0 Å². The maximum Gasteiger partial charge on any atom is 0.210 e. The minimum Gasteiger partial charge on any atom is -0.318 e. The minimum atomic E-state index is -0.245. The first-order chi connectivity index (χ1) is 11.6. The molecule has 0 fully saturated rings. The van der Waals surface area contributed by atoms with Gasteiger partial charge >= 0.3 is 0 Å². The highest BCUT2D eigenvalue weighted by atomic mass is 35.5.